The lowest BCUT2D eigenvalue weighted by molar-refractivity contribution is -0.0511. The van der Waals surface area contributed by atoms with Crippen LogP contribution in [0.2, 0.25) is 0 Å². The Bertz CT molecular complexity index is 748. The highest BCUT2D eigenvalue weighted by molar-refractivity contribution is 5.95. The monoisotopic (exact) mass is 323 g/mol. The van der Waals surface area contributed by atoms with Gasteiger partial charge in [-0.1, -0.05) is 0 Å². The molecule has 7 N–H and O–H groups in total. The molecular weight excluding hydrogens is 306 g/mol. The molecule has 1 aliphatic heterocycles. The number of imidazole rings is 1. The van der Waals surface area contributed by atoms with E-state index in [-0.39, 0.29) is 17.3 Å². The molecule has 0 amide bonds. The molecule has 3 heterocycles. The minimum absolute atomic E-state index is 0.00431. The maximum atomic E-state index is 10.1. The highest BCUT2D eigenvalue weighted by Gasteiger charge is 2.44. The van der Waals surface area contributed by atoms with Crippen LogP contribution in [0.15, 0.2) is 6.33 Å². The first-order valence-corrected chi connectivity index (χ1v) is 6.87. The standard InChI is InChI=1S/C12H17N7O4/c1-15-9-5-11(18-10(17-9)8(13)14)19(3-16-5)12-7(22)6(21)4(2-20)23-12/h3-4,6-7,12,20-22H,2H2,1H3,(H3,13,14)(H,15,17,18)/t4-,6-,7-,12-/m1/s1. The van der Waals surface area contributed by atoms with Crippen molar-refractivity contribution < 1.29 is 20.1 Å². The average Bonchev–Trinajstić information content (AvgIpc) is 3.08. The number of aliphatic hydroxyl groups is 3. The van der Waals surface area contributed by atoms with Crippen LogP contribution in [-0.4, -0.2) is 72.6 Å². The third kappa shape index (κ3) is 2.39. The second kappa shape index (κ2) is 5.70. The second-order valence-corrected chi connectivity index (χ2v) is 5.11. The van der Waals surface area contributed by atoms with E-state index in [0.29, 0.717) is 11.3 Å². The summed E-state index contributed by atoms with van der Waals surface area (Å²) in [5.41, 5.74) is 6.12. The Labute approximate surface area is 130 Å². The number of nitrogen functional groups attached to an aromatic ring is 1. The molecule has 11 nitrogen and oxygen atoms in total. The average molecular weight is 323 g/mol. The van der Waals surface area contributed by atoms with Crippen LogP contribution in [-0.2, 0) is 4.74 Å². The van der Waals surface area contributed by atoms with Crippen molar-refractivity contribution in [1.82, 2.24) is 19.5 Å². The van der Waals surface area contributed by atoms with Crippen LogP contribution in [0.5, 0.6) is 0 Å². The largest absolute Gasteiger partial charge is 0.394 e. The molecule has 0 aromatic carbocycles. The maximum Gasteiger partial charge on any atom is 0.198 e. The van der Waals surface area contributed by atoms with Crippen molar-refractivity contribution in [3.05, 3.63) is 12.2 Å². The highest BCUT2D eigenvalue weighted by Crippen LogP contribution is 2.32. The molecule has 0 saturated carbocycles. The Morgan fingerprint density at radius 2 is 2.17 bits per heavy atom. The van der Waals surface area contributed by atoms with Crippen molar-refractivity contribution in [3.8, 4) is 0 Å². The van der Waals surface area contributed by atoms with Crippen molar-refractivity contribution >= 4 is 22.8 Å². The molecule has 124 valence electrons. The van der Waals surface area contributed by atoms with Crippen LogP contribution >= 0.6 is 0 Å². The van der Waals surface area contributed by atoms with Gasteiger partial charge in [-0.3, -0.25) is 9.98 Å². The van der Waals surface area contributed by atoms with E-state index in [4.69, 9.17) is 15.9 Å². The molecule has 3 rings (SSSR count). The zero-order valence-corrected chi connectivity index (χ0v) is 12.2. The van der Waals surface area contributed by atoms with E-state index in [1.54, 1.807) is 7.05 Å². The molecule has 0 aliphatic carbocycles. The molecule has 1 fully saturated rings. The van der Waals surface area contributed by atoms with Crippen LogP contribution in [0.3, 0.4) is 0 Å². The summed E-state index contributed by atoms with van der Waals surface area (Å²) in [6.45, 7) is -0.434. The summed E-state index contributed by atoms with van der Waals surface area (Å²) in [7, 11) is 1.64. The number of hydrogen-bond acceptors (Lipinski definition) is 9. The topological polar surface area (TPSA) is 175 Å². The maximum absolute atomic E-state index is 10.1. The molecule has 0 radical (unpaired) electrons. The summed E-state index contributed by atoms with van der Waals surface area (Å²) in [5.74, 6) is 0.0401. The van der Waals surface area contributed by atoms with Crippen molar-refractivity contribution in [2.75, 3.05) is 19.0 Å². The van der Waals surface area contributed by atoms with Gasteiger partial charge in [0.05, 0.1) is 12.9 Å². The number of aliphatic hydroxyl groups excluding tert-OH is 3. The zero-order valence-electron chi connectivity index (χ0n) is 12.2. The molecule has 11 heteroatoms. The normalized spacial score (nSPS) is 27.5. The molecule has 0 spiro atoms. The third-order valence-corrected chi connectivity index (χ3v) is 3.69. The Balaban J connectivity index is 2.12. The van der Waals surface area contributed by atoms with Gasteiger partial charge in [0.25, 0.3) is 0 Å². The van der Waals surface area contributed by atoms with Crippen LogP contribution in [0, 0.1) is 5.41 Å². The number of anilines is 1. The second-order valence-electron chi connectivity index (χ2n) is 5.11. The Morgan fingerprint density at radius 1 is 1.43 bits per heavy atom. The Morgan fingerprint density at radius 3 is 2.74 bits per heavy atom. The molecule has 23 heavy (non-hydrogen) atoms. The summed E-state index contributed by atoms with van der Waals surface area (Å²) in [5, 5.41) is 39.5. The van der Waals surface area contributed by atoms with Gasteiger partial charge < -0.3 is 31.1 Å². The highest BCUT2D eigenvalue weighted by atomic mass is 16.6. The van der Waals surface area contributed by atoms with Crippen LogP contribution in [0.1, 0.15) is 12.1 Å². The fraction of sp³-hybridized carbons (Fsp3) is 0.500. The molecule has 1 saturated heterocycles. The Hall–Kier alpha value is -2.34. The van der Waals surface area contributed by atoms with Crippen LogP contribution in [0.4, 0.5) is 5.82 Å². The molecule has 2 aromatic heterocycles. The number of amidine groups is 1. The van der Waals surface area contributed by atoms with E-state index in [1.165, 1.54) is 10.9 Å². The summed E-state index contributed by atoms with van der Waals surface area (Å²) in [4.78, 5) is 12.4. The number of hydrogen-bond donors (Lipinski definition) is 6. The minimum Gasteiger partial charge on any atom is -0.394 e. The van der Waals surface area contributed by atoms with Gasteiger partial charge in [-0.05, 0) is 0 Å². The summed E-state index contributed by atoms with van der Waals surface area (Å²) in [6.07, 6.45) is -3.01. The van der Waals surface area contributed by atoms with Gasteiger partial charge in [0.15, 0.2) is 34.9 Å². The van der Waals surface area contributed by atoms with Gasteiger partial charge in [0, 0.05) is 7.05 Å². The van der Waals surface area contributed by atoms with E-state index in [2.05, 4.69) is 20.3 Å². The van der Waals surface area contributed by atoms with E-state index in [9.17, 15) is 15.3 Å². The lowest BCUT2D eigenvalue weighted by Crippen LogP contribution is -2.33. The smallest absolute Gasteiger partial charge is 0.198 e. The SMILES string of the molecule is CNc1nc(C(=N)N)nc2c1ncn2[C@@H]1O[C@H](CO)[C@@H](O)[C@H]1O. The summed E-state index contributed by atoms with van der Waals surface area (Å²) >= 11 is 0. The lowest BCUT2D eigenvalue weighted by atomic mass is 10.1. The number of rotatable bonds is 4. The van der Waals surface area contributed by atoms with E-state index >= 15 is 0 Å². The van der Waals surface area contributed by atoms with E-state index < -0.39 is 31.1 Å². The first kappa shape index (κ1) is 15.6. The van der Waals surface area contributed by atoms with Crippen LogP contribution < -0.4 is 11.1 Å². The Kier molecular flexibility index (Phi) is 3.85. The van der Waals surface area contributed by atoms with E-state index in [0.717, 1.165) is 0 Å². The fourth-order valence-electron chi connectivity index (χ4n) is 2.51. The number of nitrogens with one attached hydrogen (secondary N) is 2. The van der Waals surface area contributed by atoms with Gasteiger partial charge in [-0.15, -0.1) is 0 Å². The molecule has 0 bridgehead atoms. The first-order valence-electron chi connectivity index (χ1n) is 6.87. The van der Waals surface area contributed by atoms with Crippen LogP contribution in [0.25, 0.3) is 11.2 Å². The number of nitrogens with two attached hydrogens (primary N) is 1. The molecule has 2 aromatic rings. The first-order chi connectivity index (χ1) is 11.0. The molecule has 4 atom stereocenters. The van der Waals surface area contributed by atoms with Crippen molar-refractivity contribution in [2.45, 2.75) is 24.5 Å². The zero-order chi connectivity index (χ0) is 16.7. The van der Waals surface area contributed by atoms with Gasteiger partial charge in [-0.25, -0.2) is 15.0 Å². The number of aromatic nitrogens is 4. The predicted octanol–water partition coefficient (Wildman–Crippen LogP) is -2.24. The van der Waals surface area contributed by atoms with Crippen molar-refractivity contribution in [2.24, 2.45) is 5.73 Å². The molecule has 0 unspecified atom stereocenters. The van der Waals surface area contributed by atoms with Crippen molar-refractivity contribution in [1.29, 1.82) is 5.41 Å². The molecule has 1 aliphatic rings. The lowest BCUT2D eigenvalue weighted by Gasteiger charge is -2.16. The number of fused-ring (bicyclic) bond motifs is 1. The van der Waals surface area contributed by atoms with E-state index in [1.807, 2.05) is 0 Å². The predicted molar refractivity (Wildman–Crippen MR) is 78.9 cm³/mol. The third-order valence-electron chi connectivity index (χ3n) is 3.69. The minimum atomic E-state index is -1.27. The number of nitrogens with zero attached hydrogens (tertiary/aromatic N) is 4. The molecular formula is C12H17N7O4. The number of ether oxygens (including phenoxy) is 1. The van der Waals surface area contributed by atoms with Crippen molar-refractivity contribution in [3.63, 3.8) is 0 Å². The van der Waals surface area contributed by atoms with Gasteiger partial charge in [-0.2, -0.15) is 0 Å². The fourth-order valence-corrected chi connectivity index (χ4v) is 2.51. The van der Waals surface area contributed by atoms with Gasteiger partial charge >= 0.3 is 0 Å². The summed E-state index contributed by atoms with van der Waals surface area (Å²) < 4.78 is 6.88. The quantitative estimate of drug-likeness (QED) is 0.268. The van der Waals surface area contributed by atoms with Gasteiger partial charge in [0.2, 0.25) is 0 Å². The van der Waals surface area contributed by atoms with Gasteiger partial charge in [0.1, 0.15) is 18.3 Å². The summed E-state index contributed by atoms with van der Waals surface area (Å²) in [6, 6.07) is 0.